The maximum absolute atomic E-state index is 4.49. The van der Waals surface area contributed by atoms with Gasteiger partial charge < -0.3 is 10.2 Å². The molecule has 2 rings (SSSR count). The Labute approximate surface area is 78.6 Å². The second kappa shape index (κ2) is 3.56. The largest absolute Gasteiger partial charge is 0.354 e. The Bertz CT molecular complexity index is 193. The first-order chi connectivity index (χ1) is 5.86. The van der Waals surface area contributed by atoms with E-state index in [9.17, 15) is 0 Å². The molecule has 3 nitrogen and oxygen atoms in total. The Morgan fingerprint density at radius 2 is 2.50 bits per heavy atom. The predicted octanol–water partition coefficient (Wildman–Crippen LogP) is 0.340. The molecule has 0 aromatic rings. The maximum Gasteiger partial charge on any atom is 0.194 e. The van der Waals surface area contributed by atoms with Gasteiger partial charge in [0.2, 0.25) is 0 Å². The zero-order chi connectivity index (χ0) is 8.39. The van der Waals surface area contributed by atoms with E-state index in [1.165, 1.54) is 12.8 Å². The van der Waals surface area contributed by atoms with Crippen molar-refractivity contribution in [3.8, 4) is 0 Å². The molecule has 1 unspecified atom stereocenters. The molecule has 0 saturated carbocycles. The van der Waals surface area contributed by atoms with Crippen LogP contribution in [0.5, 0.6) is 0 Å². The van der Waals surface area contributed by atoms with Crippen molar-refractivity contribution in [1.82, 2.24) is 10.2 Å². The SMILES string of the molecule is SC1CCCN(C2=NCCN2)C1. The number of rotatable bonds is 0. The van der Waals surface area contributed by atoms with Crippen LogP contribution in [0.3, 0.4) is 0 Å². The molecular formula is C8H15N3S. The average molecular weight is 185 g/mol. The van der Waals surface area contributed by atoms with Crippen molar-refractivity contribution in [3.63, 3.8) is 0 Å². The summed E-state index contributed by atoms with van der Waals surface area (Å²) in [5.74, 6) is 1.09. The van der Waals surface area contributed by atoms with Crippen molar-refractivity contribution in [1.29, 1.82) is 0 Å². The van der Waals surface area contributed by atoms with E-state index in [-0.39, 0.29) is 0 Å². The maximum atomic E-state index is 4.49. The monoisotopic (exact) mass is 185 g/mol. The number of nitrogens with one attached hydrogen (secondary N) is 1. The van der Waals surface area contributed by atoms with Crippen LogP contribution in [-0.2, 0) is 0 Å². The Balaban J connectivity index is 1.94. The van der Waals surface area contributed by atoms with Gasteiger partial charge >= 0.3 is 0 Å². The Kier molecular flexibility index (Phi) is 2.44. The highest BCUT2D eigenvalue weighted by Gasteiger charge is 2.20. The molecule has 0 spiro atoms. The van der Waals surface area contributed by atoms with E-state index in [4.69, 9.17) is 0 Å². The number of nitrogens with zero attached hydrogens (tertiary/aromatic N) is 2. The second-order valence-corrected chi connectivity index (χ2v) is 4.10. The van der Waals surface area contributed by atoms with Crippen LogP contribution in [0.4, 0.5) is 0 Å². The lowest BCUT2D eigenvalue weighted by molar-refractivity contribution is 0.343. The van der Waals surface area contributed by atoms with Crippen molar-refractivity contribution in [2.75, 3.05) is 26.2 Å². The van der Waals surface area contributed by atoms with Gasteiger partial charge in [0.25, 0.3) is 0 Å². The van der Waals surface area contributed by atoms with Gasteiger partial charge in [0.05, 0.1) is 6.54 Å². The van der Waals surface area contributed by atoms with E-state index in [1.807, 2.05) is 0 Å². The number of piperidine rings is 1. The van der Waals surface area contributed by atoms with Crippen molar-refractivity contribution in [2.45, 2.75) is 18.1 Å². The molecule has 2 aliphatic heterocycles. The van der Waals surface area contributed by atoms with Gasteiger partial charge in [-0.25, -0.2) is 0 Å². The van der Waals surface area contributed by atoms with Gasteiger partial charge in [-0.2, -0.15) is 12.6 Å². The number of hydrogen-bond donors (Lipinski definition) is 2. The number of guanidine groups is 1. The smallest absolute Gasteiger partial charge is 0.194 e. The van der Waals surface area contributed by atoms with Gasteiger partial charge in [-0.1, -0.05) is 0 Å². The predicted molar refractivity (Wildman–Crippen MR) is 53.9 cm³/mol. The van der Waals surface area contributed by atoms with Gasteiger partial charge in [0.15, 0.2) is 5.96 Å². The molecule has 1 N–H and O–H groups in total. The molecule has 12 heavy (non-hydrogen) atoms. The van der Waals surface area contributed by atoms with E-state index >= 15 is 0 Å². The van der Waals surface area contributed by atoms with E-state index in [2.05, 4.69) is 27.8 Å². The Hall–Kier alpha value is -0.380. The molecule has 1 saturated heterocycles. The lowest BCUT2D eigenvalue weighted by Gasteiger charge is -2.31. The summed E-state index contributed by atoms with van der Waals surface area (Å²) >= 11 is 4.49. The molecular weight excluding hydrogens is 170 g/mol. The molecule has 2 heterocycles. The van der Waals surface area contributed by atoms with Crippen LogP contribution in [0.25, 0.3) is 0 Å². The highest BCUT2D eigenvalue weighted by atomic mass is 32.1. The Morgan fingerprint density at radius 1 is 1.58 bits per heavy atom. The molecule has 0 aliphatic carbocycles. The molecule has 68 valence electrons. The van der Waals surface area contributed by atoms with Crippen LogP contribution in [-0.4, -0.2) is 42.3 Å². The zero-order valence-corrected chi connectivity index (χ0v) is 8.06. The second-order valence-electron chi connectivity index (χ2n) is 3.37. The molecule has 0 aromatic carbocycles. The van der Waals surface area contributed by atoms with Crippen LogP contribution in [0.1, 0.15) is 12.8 Å². The molecule has 0 aromatic heterocycles. The quantitative estimate of drug-likeness (QED) is 0.533. The fraction of sp³-hybridized carbons (Fsp3) is 0.875. The van der Waals surface area contributed by atoms with E-state index in [1.54, 1.807) is 0 Å². The van der Waals surface area contributed by atoms with Crippen LogP contribution in [0.15, 0.2) is 4.99 Å². The van der Waals surface area contributed by atoms with Crippen LogP contribution < -0.4 is 5.32 Å². The van der Waals surface area contributed by atoms with Crippen molar-refractivity contribution in [2.24, 2.45) is 4.99 Å². The standard InChI is InChI=1S/C8H15N3S/c12-7-2-1-5-11(6-7)8-9-3-4-10-8/h7,12H,1-6H2,(H,9,10). The van der Waals surface area contributed by atoms with Crippen LogP contribution >= 0.6 is 12.6 Å². The highest BCUT2D eigenvalue weighted by molar-refractivity contribution is 7.81. The fourth-order valence-electron chi connectivity index (χ4n) is 1.74. The van der Waals surface area contributed by atoms with Gasteiger partial charge in [-0.3, -0.25) is 4.99 Å². The van der Waals surface area contributed by atoms with E-state index in [0.717, 1.165) is 32.1 Å². The summed E-state index contributed by atoms with van der Waals surface area (Å²) in [7, 11) is 0. The lowest BCUT2D eigenvalue weighted by atomic mass is 10.1. The minimum atomic E-state index is 0.531. The molecule has 0 amide bonds. The molecule has 4 heteroatoms. The van der Waals surface area contributed by atoms with Crippen molar-refractivity contribution >= 4 is 18.6 Å². The first kappa shape index (κ1) is 8.23. The van der Waals surface area contributed by atoms with Gasteiger partial charge in [0.1, 0.15) is 0 Å². The summed E-state index contributed by atoms with van der Waals surface area (Å²) in [4.78, 5) is 6.70. The van der Waals surface area contributed by atoms with Crippen molar-refractivity contribution in [3.05, 3.63) is 0 Å². The fourth-order valence-corrected chi connectivity index (χ4v) is 2.12. The van der Waals surface area contributed by atoms with Crippen LogP contribution in [0.2, 0.25) is 0 Å². The van der Waals surface area contributed by atoms with Crippen molar-refractivity contribution < 1.29 is 0 Å². The van der Waals surface area contributed by atoms with E-state index in [0.29, 0.717) is 5.25 Å². The zero-order valence-electron chi connectivity index (χ0n) is 7.16. The van der Waals surface area contributed by atoms with Gasteiger partial charge in [-0.15, -0.1) is 0 Å². The van der Waals surface area contributed by atoms with Crippen LogP contribution in [0, 0.1) is 0 Å². The third-order valence-electron chi connectivity index (χ3n) is 2.35. The first-order valence-electron chi connectivity index (χ1n) is 4.57. The molecule has 0 bridgehead atoms. The highest BCUT2D eigenvalue weighted by Crippen LogP contribution is 2.14. The summed E-state index contributed by atoms with van der Waals surface area (Å²) < 4.78 is 0. The summed E-state index contributed by atoms with van der Waals surface area (Å²) in [5, 5.41) is 3.82. The number of likely N-dealkylation sites (tertiary alicyclic amines) is 1. The summed E-state index contributed by atoms with van der Waals surface area (Å²) in [6.07, 6.45) is 2.49. The summed E-state index contributed by atoms with van der Waals surface area (Å²) in [5.41, 5.74) is 0. The topological polar surface area (TPSA) is 27.6 Å². The average Bonchev–Trinajstić information content (AvgIpc) is 2.56. The summed E-state index contributed by atoms with van der Waals surface area (Å²) in [6, 6.07) is 0. The third kappa shape index (κ3) is 1.68. The minimum Gasteiger partial charge on any atom is -0.354 e. The van der Waals surface area contributed by atoms with Gasteiger partial charge in [-0.05, 0) is 12.8 Å². The van der Waals surface area contributed by atoms with E-state index < -0.39 is 0 Å². The molecule has 0 radical (unpaired) electrons. The normalized spacial score (nSPS) is 29.9. The molecule has 1 fully saturated rings. The molecule has 2 aliphatic rings. The number of hydrogen-bond acceptors (Lipinski definition) is 4. The minimum absolute atomic E-state index is 0.531. The first-order valence-corrected chi connectivity index (χ1v) is 5.09. The third-order valence-corrected chi connectivity index (χ3v) is 2.77. The lowest BCUT2D eigenvalue weighted by Crippen LogP contribution is -2.45. The number of thiol groups is 1. The summed E-state index contributed by atoms with van der Waals surface area (Å²) in [6.45, 7) is 4.13. The Morgan fingerprint density at radius 3 is 3.17 bits per heavy atom. The molecule has 1 atom stereocenters. The van der Waals surface area contributed by atoms with Gasteiger partial charge in [0, 0.05) is 24.9 Å². The number of aliphatic imine (C=N–C) groups is 1.